The lowest BCUT2D eigenvalue weighted by Gasteiger charge is -2.21. The number of fused-ring (bicyclic) bond motifs is 1. The van der Waals surface area contributed by atoms with Gasteiger partial charge in [-0.15, -0.1) is 0 Å². The van der Waals surface area contributed by atoms with Gasteiger partial charge in [0, 0.05) is 13.7 Å². The van der Waals surface area contributed by atoms with E-state index in [1.807, 2.05) is 6.07 Å². The Morgan fingerprint density at radius 2 is 2.26 bits per heavy atom. The van der Waals surface area contributed by atoms with Gasteiger partial charge in [-0.3, -0.25) is 4.57 Å². The molecule has 3 rings (SSSR count). The number of aliphatic hydroxyl groups excluding tert-OH is 1. The summed E-state index contributed by atoms with van der Waals surface area (Å²) in [6.45, 7) is 2.76. The molecule has 2 heterocycles. The summed E-state index contributed by atoms with van der Waals surface area (Å²) in [4.78, 5) is 11.4. The molecule has 0 amide bonds. The molecule has 0 radical (unpaired) electrons. The lowest BCUT2D eigenvalue weighted by Crippen LogP contribution is -2.22. The second-order valence-corrected chi connectivity index (χ2v) is 5.20. The van der Waals surface area contributed by atoms with Crippen LogP contribution < -0.4 is 5.76 Å². The number of aliphatic hydroxyl groups is 1. The third kappa shape index (κ3) is 1.99. The summed E-state index contributed by atoms with van der Waals surface area (Å²) < 4.78 is 12.2. The Bertz CT molecular complexity index is 657. The zero-order valence-corrected chi connectivity index (χ0v) is 11.0. The normalized spacial score (nSPS) is 25.0. The van der Waals surface area contributed by atoms with Crippen molar-refractivity contribution in [2.75, 3.05) is 6.61 Å². The topological polar surface area (TPSA) is 64.6 Å². The molecule has 1 N–H and O–H groups in total. The second-order valence-electron chi connectivity index (χ2n) is 5.20. The Labute approximate surface area is 110 Å². The van der Waals surface area contributed by atoms with Crippen LogP contribution in [0.4, 0.5) is 0 Å². The molecular formula is C14H17NO4. The molecule has 0 bridgehead atoms. The van der Waals surface area contributed by atoms with Gasteiger partial charge in [-0.1, -0.05) is 13.0 Å². The summed E-state index contributed by atoms with van der Waals surface area (Å²) in [5, 5.41) is 10.4. The van der Waals surface area contributed by atoms with Gasteiger partial charge in [0.25, 0.3) is 0 Å². The molecule has 3 unspecified atom stereocenters. The van der Waals surface area contributed by atoms with E-state index in [0.717, 1.165) is 17.5 Å². The van der Waals surface area contributed by atoms with Gasteiger partial charge in [0.15, 0.2) is 5.58 Å². The molecule has 1 aliphatic heterocycles. The number of benzene rings is 1. The number of nitrogens with zero attached hydrogens (tertiary/aromatic N) is 1. The highest BCUT2D eigenvalue weighted by atomic mass is 16.5. The summed E-state index contributed by atoms with van der Waals surface area (Å²) in [5.74, 6) is -0.0689. The molecule has 3 atom stereocenters. The van der Waals surface area contributed by atoms with Crippen molar-refractivity contribution in [2.24, 2.45) is 13.0 Å². The molecule has 2 aromatic rings. The van der Waals surface area contributed by atoms with E-state index in [1.54, 1.807) is 19.2 Å². The number of aryl methyl sites for hydroxylation is 1. The van der Waals surface area contributed by atoms with Crippen LogP contribution in [-0.2, 0) is 11.8 Å². The first-order valence-electron chi connectivity index (χ1n) is 6.47. The molecule has 1 aromatic heterocycles. The molecule has 5 nitrogen and oxygen atoms in total. The van der Waals surface area contributed by atoms with Crippen LogP contribution >= 0.6 is 0 Å². The number of ether oxygens (including phenoxy) is 1. The van der Waals surface area contributed by atoms with E-state index in [0.29, 0.717) is 18.1 Å². The van der Waals surface area contributed by atoms with Crippen LogP contribution in [0.3, 0.4) is 0 Å². The van der Waals surface area contributed by atoms with Gasteiger partial charge < -0.3 is 14.3 Å². The Kier molecular flexibility index (Phi) is 2.95. The number of hydrogen-bond acceptors (Lipinski definition) is 4. The first-order chi connectivity index (χ1) is 9.08. The minimum absolute atomic E-state index is 0.187. The fourth-order valence-corrected chi connectivity index (χ4v) is 2.64. The summed E-state index contributed by atoms with van der Waals surface area (Å²) in [5.41, 5.74) is 1.94. The van der Waals surface area contributed by atoms with Crippen molar-refractivity contribution in [1.82, 2.24) is 4.57 Å². The van der Waals surface area contributed by atoms with E-state index in [2.05, 4.69) is 6.92 Å². The second kappa shape index (κ2) is 4.51. The standard InChI is InChI=1S/C14H17NO4/c1-8-5-6-18-13(8)12(16)9-3-4-10-11(7-9)19-14(17)15(10)2/h3-4,7-8,12-13,16H,5-6H2,1-2H3. The third-order valence-corrected chi connectivity index (χ3v) is 3.91. The lowest BCUT2D eigenvalue weighted by molar-refractivity contribution is -0.0177. The molecule has 1 aromatic carbocycles. The van der Waals surface area contributed by atoms with Crippen molar-refractivity contribution in [1.29, 1.82) is 0 Å². The smallest absolute Gasteiger partial charge is 0.408 e. The largest absolute Gasteiger partial charge is 0.419 e. The average Bonchev–Trinajstić information content (AvgIpc) is 2.93. The first-order valence-corrected chi connectivity index (χ1v) is 6.47. The van der Waals surface area contributed by atoms with Crippen molar-refractivity contribution in [3.05, 3.63) is 34.3 Å². The average molecular weight is 263 g/mol. The minimum Gasteiger partial charge on any atom is -0.408 e. The van der Waals surface area contributed by atoms with Crippen LogP contribution in [0.2, 0.25) is 0 Å². The van der Waals surface area contributed by atoms with Crippen molar-refractivity contribution >= 4 is 11.1 Å². The molecule has 0 spiro atoms. The van der Waals surface area contributed by atoms with Gasteiger partial charge in [-0.2, -0.15) is 0 Å². The summed E-state index contributed by atoms with van der Waals surface area (Å²) >= 11 is 0. The molecule has 0 aliphatic carbocycles. The molecule has 102 valence electrons. The predicted molar refractivity (Wildman–Crippen MR) is 69.9 cm³/mol. The number of rotatable bonds is 2. The monoisotopic (exact) mass is 263 g/mol. The van der Waals surface area contributed by atoms with E-state index >= 15 is 0 Å². The van der Waals surface area contributed by atoms with E-state index in [4.69, 9.17) is 9.15 Å². The lowest BCUT2D eigenvalue weighted by atomic mass is 9.95. The van der Waals surface area contributed by atoms with E-state index in [1.165, 1.54) is 4.57 Å². The van der Waals surface area contributed by atoms with Crippen molar-refractivity contribution in [2.45, 2.75) is 25.6 Å². The molecule has 1 aliphatic rings. The highest BCUT2D eigenvalue weighted by molar-refractivity contribution is 5.73. The molecule has 0 saturated carbocycles. The fourth-order valence-electron chi connectivity index (χ4n) is 2.64. The van der Waals surface area contributed by atoms with Gasteiger partial charge in [0.2, 0.25) is 0 Å². The Balaban J connectivity index is 1.99. The summed E-state index contributed by atoms with van der Waals surface area (Å²) in [6, 6.07) is 5.32. The van der Waals surface area contributed by atoms with Crippen LogP contribution in [0.5, 0.6) is 0 Å². The van der Waals surface area contributed by atoms with Crippen LogP contribution in [0.25, 0.3) is 11.1 Å². The minimum atomic E-state index is -0.688. The van der Waals surface area contributed by atoms with Crippen LogP contribution in [0.15, 0.2) is 27.4 Å². The third-order valence-electron chi connectivity index (χ3n) is 3.91. The molecule has 5 heteroatoms. The zero-order chi connectivity index (χ0) is 13.6. The van der Waals surface area contributed by atoms with Gasteiger partial charge in [-0.25, -0.2) is 4.79 Å². The number of oxazole rings is 1. The van der Waals surface area contributed by atoms with Crippen LogP contribution in [0, 0.1) is 5.92 Å². The highest BCUT2D eigenvalue weighted by Crippen LogP contribution is 2.32. The van der Waals surface area contributed by atoms with Crippen LogP contribution in [-0.4, -0.2) is 22.4 Å². The van der Waals surface area contributed by atoms with Gasteiger partial charge in [0.1, 0.15) is 6.10 Å². The fraction of sp³-hybridized carbons (Fsp3) is 0.500. The van der Waals surface area contributed by atoms with Crippen LogP contribution in [0.1, 0.15) is 25.0 Å². The summed E-state index contributed by atoms with van der Waals surface area (Å²) in [7, 11) is 1.66. The summed E-state index contributed by atoms with van der Waals surface area (Å²) in [6.07, 6.45) is 0.0880. The zero-order valence-electron chi connectivity index (χ0n) is 11.0. The number of hydrogen-bond donors (Lipinski definition) is 1. The Morgan fingerprint density at radius 3 is 2.95 bits per heavy atom. The molecule has 1 saturated heterocycles. The van der Waals surface area contributed by atoms with E-state index < -0.39 is 11.9 Å². The molecule has 19 heavy (non-hydrogen) atoms. The van der Waals surface area contributed by atoms with Gasteiger partial charge in [-0.05, 0) is 30.0 Å². The SMILES string of the molecule is CC1CCOC1C(O)c1ccc2c(c1)oc(=O)n2C. The van der Waals surface area contributed by atoms with Gasteiger partial charge >= 0.3 is 5.76 Å². The van der Waals surface area contributed by atoms with Crippen molar-refractivity contribution in [3.8, 4) is 0 Å². The first kappa shape index (κ1) is 12.4. The predicted octanol–water partition coefficient (Wildman–Crippen LogP) is 1.59. The Morgan fingerprint density at radius 1 is 1.47 bits per heavy atom. The number of aromatic nitrogens is 1. The molecule has 1 fully saturated rings. The Hall–Kier alpha value is -1.59. The van der Waals surface area contributed by atoms with Crippen molar-refractivity contribution in [3.63, 3.8) is 0 Å². The maximum atomic E-state index is 11.4. The van der Waals surface area contributed by atoms with E-state index in [-0.39, 0.29) is 6.10 Å². The quantitative estimate of drug-likeness (QED) is 0.893. The van der Waals surface area contributed by atoms with E-state index in [9.17, 15) is 9.90 Å². The molecular weight excluding hydrogens is 246 g/mol. The maximum absolute atomic E-state index is 11.4. The van der Waals surface area contributed by atoms with Crippen molar-refractivity contribution < 1.29 is 14.3 Å². The highest BCUT2D eigenvalue weighted by Gasteiger charge is 2.32. The maximum Gasteiger partial charge on any atom is 0.419 e. The van der Waals surface area contributed by atoms with Gasteiger partial charge in [0.05, 0.1) is 11.6 Å².